The van der Waals surface area contributed by atoms with Crippen LogP contribution in [-0.4, -0.2) is 31.1 Å². The van der Waals surface area contributed by atoms with Crippen LogP contribution in [0.3, 0.4) is 0 Å². The van der Waals surface area contributed by atoms with Crippen molar-refractivity contribution in [2.45, 2.75) is 32.2 Å². The lowest BCUT2D eigenvalue weighted by Crippen LogP contribution is -2.45. The van der Waals surface area contributed by atoms with Gasteiger partial charge in [-0.1, -0.05) is 18.9 Å². The van der Waals surface area contributed by atoms with Gasteiger partial charge in [0.15, 0.2) is 0 Å². The van der Waals surface area contributed by atoms with Gasteiger partial charge in [0.25, 0.3) is 0 Å². The molecule has 0 amide bonds. The van der Waals surface area contributed by atoms with Crippen LogP contribution in [0.25, 0.3) is 0 Å². The fourth-order valence-electron chi connectivity index (χ4n) is 3.15. The first-order valence-electron chi connectivity index (χ1n) is 7.45. The summed E-state index contributed by atoms with van der Waals surface area (Å²) < 4.78 is 13.3. The molecule has 0 unspecified atom stereocenters. The van der Waals surface area contributed by atoms with Crippen molar-refractivity contribution in [2.75, 3.05) is 26.2 Å². The zero-order valence-corrected chi connectivity index (χ0v) is 11.7. The van der Waals surface area contributed by atoms with Crippen molar-refractivity contribution in [3.63, 3.8) is 0 Å². The highest BCUT2D eigenvalue weighted by molar-refractivity contribution is 5.30. The van der Waals surface area contributed by atoms with E-state index in [1.807, 2.05) is 13.0 Å². The van der Waals surface area contributed by atoms with Gasteiger partial charge in [-0.15, -0.1) is 0 Å². The standard InChI is InChI=1S/C16H23FN2/c1-12-10-14(17)4-5-15(12)16(11-13-2-3-13)19-8-6-18-7-9-19/h4-5,10,13,16,18H,2-3,6-9,11H2,1H3/t16-/m1/s1. The number of aryl methyl sites for hydroxylation is 1. The van der Waals surface area contributed by atoms with Gasteiger partial charge in [-0.3, -0.25) is 4.90 Å². The van der Waals surface area contributed by atoms with E-state index in [1.54, 1.807) is 12.1 Å². The number of halogens is 1. The Morgan fingerprint density at radius 3 is 2.68 bits per heavy atom. The summed E-state index contributed by atoms with van der Waals surface area (Å²) in [5.74, 6) is 0.774. The van der Waals surface area contributed by atoms with Crippen LogP contribution in [0.15, 0.2) is 18.2 Å². The summed E-state index contributed by atoms with van der Waals surface area (Å²) in [7, 11) is 0. The van der Waals surface area contributed by atoms with Crippen molar-refractivity contribution in [2.24, 2.45) is 5.92 Å². The molecule has 2 fully saturated rings. The van der Waals surface area contributed by atoms with Gasteiger partial charge in [-0.2, -0.15) is 0 Å². The van der Waals surface area contributed by atoms with E-state index in [0.717, 1.165) is 37.7 Å². The van der Waals surface area contributed by atoms with E-state index < -0.39 is 0 Å². The molecule has 1 aliphatic heterocycles. The lowest BCUT2D eigenvalue weighted by atomic mass is 9.95. The molecule has 0 radical (unpaired) electrons. The summed E-state index contributed by atoms with van der Waals surface area (Å²) in [5.41, 5.74) is 2.43. The lowest BCUT2D eigenvalue weighted by molar-refractivity contribution is 0.160. The molecule has 0 bridgehead atoms. The minimum atomic E-state index is -0.119. The predicted octanol–water partition coefficient (Wildman–Crippen LogP) is 2.88. The molecule has 1 N–H and O–H groups in total. The van der Waals surface area contributed by atoms with Gasteiger partial charge in [0, 0.05) is 32.2 Å². The average Bonchev–Trinajstić information content (AvgIpc) is 3.22. The van der Waals surface area contributed by atoms with E-state index >= 15 is 0 Å². The first kappa shape index (κ1) is 13.1. The second kappa shape index (κ2) is 5.59. The molecule has 3 rings (SSSR count). The van der Waals surface area contributed by atoms with E-state index in [4.69, 9.17) is 0 Å². The highest BCUT2D eigenvalue weighted by atomic mass is 19.1. The second-order valence-corrected chi connectivity index (χ2v) is 5.98. The Balaban J connectivity index is 1.83. The number of nitrogens with zero attached hydrogens (tertiary/aromatic N) is 1. The molecule has 1 aromatic carbocycles. The number of hydrogen-bond donors (Lipinski definition) is 1. The summed E-state index contributed by atoms with van der Waals surface area (Å²) >= 11 is 0. The van der Waals surface area contributed by atoms with E-state index in [-0.39, 0.29) is 5.82 Å². The van der Waals surface area contributed by atoms with Gasteiger partial charge < -0.3 is 5.32 Å². The Bertz CT molecular complexity index is 436. The number of hydrogen-bond acceptors (Lipinski definition) is 2. The second-order valence-electron chi connectivity index (χ2n) is 5.98. The van der Waals surface area contributed by atoms with Crippen molar-refractivity contribution in [1.29, 1.82) is 0 Å². The van der Waals surface area contributed by atoms with Gasteiger partial charge in [-0.05, 0) is 42.5 Å². The van der Waals surface area contributed by atoms with E-state index in [9.17, 15) is 4.39 Å². The Hall–Kier alpha value is -0.930. The molecule has 1 saturated heterocycles. The maximum Gasteiger partial charge on any atom is 0.123 e. The van der Waals surface area contributed by atoms with Gasteiger partial charge in [0.05, 0.1) is 0 Å². The molecule has 1 heterocycles. The first-order chi connectivity index (χ1) is 9.24. The molecule has 1 saturated carbocycles. The van der Waals surface area contributed by atoms with Gasteiger partial charge >= 0.3 is 0 Å². The number of piperazine rings is 1. The molecule has 1 aliphatic carbocycles. The van der Waals surface area contributed by atoms with Crippen LogP contribution in [0.1, 0.15) is 36.4 Å². The lowest BCUT2D eigenvalue weighted by Gasteiger charge is -2.36. The van der Waals surface area contributed by atoms with E-state index in [1.165, 1.54) is 24.8 Å². The Morgan fingerprint density at radius 1 is 1.32 bits per heavy atom. The molecule has 3 heteroatoms. The fraction of sp³-hybridized carbons (Fsp3) is 0.625. The van der Waals surface area contributed by atoms with Crippen LogP contribution in [0.2, 0.25) is 0 Å². The summed E-state index contributed by atoms with van der Waals surface area (Å²) in [6, 6.07) is 5.77. The van der Waals surface area contributed by atoms with Crippen LogP contribution < -0.4 is 5.32 Å². The molecule has 2 nitrogen and oxygen atoms in total. The summed E-state index contributed by atoms with van der Waals surface area (Å²) in [6.07, 6.45) is 4.00. The third-order valence-corrected chi connectivity index (χ3v) is 4.44. The van der Waals surface area contributed by atoms with Gasteiger partial charge in [0.2, 0.25) is 0 Å². The Labute approximate surface area is 115 Å². The highest BCUT2D eigenvalue weighted by Gasteiger charge is 2.31. The molecule has 1 atom stereocenters. The van der Waals surface area contributed by atoms with Crippen molar-refractivity contribution in [1.82, 2.24) is 10.2 Å². The number of nitrogens with one attached hydrogen (secondary N) is 1. The quantitative estimate of drug-likeness (QED) is 0.897. The summed E-state index contributed by atoms with van der Waals surface area (Å²) in [6.45, 7) is 6.39. The van der Waals surface area contributed by atoms with Gasteiger partial charge in [-0.25, -0.2) is 4.39 Å². The third kappa shape index (κ3) is 3.15. The van der Waals surface area contributed by atoms with Crippen molar-refractivity contribution >= 4 is 0 Å². The maximum absolute atomic E-state index is 13.3. The maximum atomic E-state index is 13.3. The summed E-state index contributed by atoms with van der Waals surface area (Å²) in [4.78, 5) is 2.58. The molecule has 19 heavy (non-hydrogen) atoms. The van der Waals surface area contributed by atoms with Crippen molar-refractivity contribution in [3.05, 3.63) is 35.1 Å². The normalized spacial score (nSPS) is 22.4. The average molecular weight is 262 g/mol. The number of rotatable bonds is 4. The largest absolute Gasteiger partial charge is 0.314 e. The Morgan fingerprint density at radius 2 is 2.05 bits per heavy atom. The SMILES string of the molecule is Cc1cc(F)ccc1[C@@H](CC1CC1)N1CCNCC1. The van der Waals surface area contributed by atoms with Crippen LogP contribution in [0.4, 0.5) is 4.39 Å². The van der Waals surface area contributed by atoms with Gasteiger partial charge in [0.1, 0.15) is 5.82 Å². The molecular formula is C16H23FN2. The molecule has 104 valence electrons. The van der Waals surface area contributed by atoms with E-state index in [2.05, 4.69) is 10.2 Å². The third-order valence-electron chi connectivity index (χ3n) is 4.44. The smallest absolute Gasteiger partial charge is 0.123 e. The van der Waals surface area contributed by atoms with Crippen LogP contribution >= 0.6 is 0 Å². The first-order valence-corrected chi connectivity index (χ1v) is 7.45. The molecule has 0 spiro atoms. The summed E-state index contributed by atoms with van der Waals surface area (Å²) in [5, 5.41) is 3.41. The molecule has 2 aliphatic rings. The van der Waals surface area contributed by atoms with Crippen molar-refractivity contribution in [3.8, 4) is 0 Å². The highest BCUT2D eigenvalue weighted by Crippen LogP contribution is 2.40. The van der Waals surface area contributed by atoms with Crippen molar-refractivity contribution < 1.29 is 4.39 Å². The molecule has 1 aromatic rings. The zero-order chi connectivity index (χ0) is 13.2. The number of benzene rings is 1. The topological polar surface area (TPSA) is 15.3 Å². The monoisotopic (exact) mass is 262 g/mol. The molecular weight excluding hydrogens is 239 g/mol. The zero-order valence-electron chi connectivity index (χ0n) is 11.7. The minimum absolute atomic E-state index is 0.119. The fourth-order valence-corrected chi connectivity index (χ4v) is 3.15. The minimum Gasteiger partial charge on any atom is -0.314 e. The van der Waals surface area contributed by atoms with E-state index in [0.29, 0.717) is 6.04 Å². The van der Waals surface area contributed by atoms with Crippen LogP contribution in [0.5, 0.6) is 0 Å². The van der Waals surface area contributed by atoms with Crippen LogP contribution in [-0.2, 0) is 0 Å². The van der Waals surface area contributed by atoms with Crippen LogP contribution in [0, 0.1) is 18.7 Å². The predicted molar refractivity (Wildman–Crippen MR) is 75.7 cm³/mol. The molecule has 0 aromatic heterocycles. The Kier molecular flexibility index (Phi) is 3.85.